The van der Waals surface area contributed by atoms with Crippen molar-refractivity contribution < 1.29 is 22.7 Å². The van der Waals surface area contributed by atoms with Crippen molar-refractivity contribution in [2.24, 2.45) is 0 Å². The highest BCUT2D eigenvalue weighted by atomic mass is 32.2. The van der Waals surface area contributed by atoms with Gasteiger partial charge in [0.25, 0.3) is 10.0 Å². The summed E-state index contributed by atoms with van der Waals surface area (Å²) in [5.74, 6) is -0.427. The molecule has 1 atom stereocenters. The van der Waals surface area contributed by atoms with E-state index in [2.05, 4.69) is 5.32 Å². The van der Waals surface area contributed by atoms with E-state index in [0.29, 0.717) is 5.75 Å². The van der Waals surface area contributed by atoms with Gasteiger partial charge in [-0.2, -0.15) is 0 Å². The fourth-order valence-corrected chi connectivity index (χ4v) is 7.64. The Kier molecular flexibility index (Phi) is 11.5. The van der Waals surface area contributed by atoms with Crippen molar-refractivity contribution in [1.82, 2.24) is 10.2 Å². The maximum Gasteiger partial charge on any atom is 0.264 e. The van der Waals surface area contributed by atoms with Gasteiger partial charge in [-0.05, 0) is 67.6 Å². The summed E-state index contributed by atoms with van der Waals surface area (Å²) in [5.41, 5.74) is 3.69. The van der Waals surface area contributed by atoms with Crippen molar-refractivity contribution in [3.63, 3.8) is 0 Å². The number of rotatable bonds is 13. The third-order valence-corrected chi connectivity index (χ3v) is 10.7. The summed E-state index contributed by atoms with van der Waals surface area (Å²) in [6.07, 6.45) is 5.30. The van der Waals surface area contributed by atoms with Gasteiger partial charge in [0.15, 0.2) is 0 Å². The summed E-state index contributed by atoms with van der Waals surface area (Å²) in [5, 5.41) is 3.25. The summed E-state index contributed by atoms with van der Waals surface area (Å²) in [4.78, 5) is 30.6. The maximum atomic E-state index is 14.8. The predicted molar refractivity (Wildman–Crippen MR) is 189 cm³/mol. The molecular weight excluding hydrogens is 623 g/mol. The number of nitrogens with zero attached hydrogens (tertiary/aromatic N) is 2. The Morgan fingerprint density at radius 1 is 0.812 bits per heavy atom. The van der Waals surface area contributed by atoms with Gasteiger partial charge in [-0.3, -0.25) is 13.9 Å². The summed E-state index contributed by atoms with van der Waals surface area (Å²) in [6.45, 7) is 3.33. The SMILES string of the molecule is COc1ccc(C)cc1N(CC(=O)N(Cc1ccccc1)[C@H](Cc1ccccc1)C(=O)NC1CCCCC1)S(=O)(=O)c1ccc(C)cc1. The lowest BCUT2D eigenvalue weighted by molar-refractivity contribution is -0.140. The number of benzene rings is 4. The van der Waals surface area contributed by atoms with E-state index in [1.165, 1.54) is 7.11 Å². The fraction of sp³-hybridized carbons (Fsp3) is 0.333. The minimum absolute atomic E-state index is 0.0353. The van der Waals surface area contributed by atoms with Gasteiger partial charge >= 0.3 is 0 Å². The van der Waals surface area contributed by atoms with Crippen LogP contribution >= 0.6 is 0 Å². The van der Waals surface area contributed by atoms with E-state index < -0.39 is 28.5 Å². The van der Waals surface area contributed by atoms with Crippen LogP contribution in [0.3, 0.4) is 0 Å². The predicted octanol–water partition coefficient (Wildman–Crippen LogP) is 6.60. The van der Waals surface area contributed by atoms with Crippen LogP contribution in [-0.4, -0.2) is 50.9 Å². The highest BCUT2D eigenvalue weighted by Crippen LogP contribution is 2.34. The molecule has 0 saturated heterocycles. The lowest BCUT2D eigenvalue weighted by Crippen LogP contribution is -2.55. The van der Waals surface area contributed by atoms with E-state index in [0.717, 1.165) is 58.7 Å². The zero-order valence-electron chi connectivity index (χ0n) is 28.0. The van der Waals surface area contributed by atoms with E-state index in [1.54, 1.807) is 41.3 Å². The van der Waals surface area contributed by atoms with Gasteiger partial charge in [-0.1, -0.05) is 104 Å². The first-order valence-corrected chi connectivity index (χ1v) is 18.0. The molecule has 1 N–H and O–H groups in total. The zero-order chi connectivity index (χ0) is 34.1. The Labute approximate surface area is 284 Å². The molecule has 0 aliphatic heterocycles. The van der Waals surface area contributed by atoms with Crippen LogP contribution in [-0.2, 0) is 32.6 Å². The van der Waals surface area contributed by atoms with Gasteiger partial charge in [-0.25, -0.2) is 8.42 Å². The van der Waals surface area contributed by atoms with Crippen molar-refractivity contribution in [1.29, 1.82) is 0 Å². The molecule has 1 fully saturated rings. The first-order valence-electron chi connectivity index (χ1n) is 16.6. The number of sulfonamides is 1. The van der Waals surface area contributed by atoms with Gasteiger partial charge in [-0.15, -0.1) is 0 Å². The number of carbonyl (C=O) groups is 2. The fourth-order valence-electron chi connectivity index (χ4n) is 6.22. The van der Waals surface area contributed by atoms with Crippen molar-refractivity contribution in [2.75, 3.05) is 18.0 Å². The molecule has 0 radical (unpaired) electrons. The Morgan fingerprint density at radius 3 is 2.04 bits per heavy atom. The molecule has 0 spiro atoms. The molecule has 4 aromatic carbocycles. The van der Waals surface area contributed by atoms with Crippen LogP contribution in [0.4, 0.5) is 5.69 Å². The normalized spacial score (nSPS) is 14.1. The van der Waals surface area contributed by atoms with Crippen LogP contribution in [0.25, 0.3) is 0 Å². The quantitative estimate of drug-likeness (QED) is 0.174. The topological polar surface area (TPSA) is 96.0 Å². The molecule has 0 unspecified atom stereocenters. The molecule has 0 heterocycles. The summed E-state index contributed by atoms with van der Waals surface area (Å²) < 4.78 is 35.6. The van der Waals surface area contributed by atoms with Crippen LogP contribution in [0.2, 0.25) is 0 Å². The summed E-state index contributed by atoms with van der Waals surface area (Å²) in [6, 6.07) is 30.0. The highest BCUT2D eigenvalue weighted by Gasteiger charge is 2.36. The summed E-state index contributed by atoms with van der Waals surface area (Å²) in [7, 11) is -2.77. The van der Waals surface area contributed by atoms with E-state index in [4.69, 9.17) is 4.74 Å². The van der Waals surface area contributed by atoms with Crippen molar-refractivity contribution in [3.05, 3.63) is 125 Å². The molecule has 252 valence electrons. The maximum absolute atomic E-state index is 14.8. The average molecular weight is 668 g/mol. The summed E-state index contributed by atoms with van der Waals surface area (Å²) >= 11 is 0. The van der Waals surface area contributed by atoms with Gasteiger partial charge in [0.1, 0.15) is 18.3 Å². The number of nitrogens with one attached hydrogen (secondary N) is 1. The molecule has 9 heteroatoms. The van der Waals surface area contributed by atoms with Gasteiger partial charge < -0.3 is 15.0 Å². The molecule has 4 aromatic rings. The minimum atomic E-state index is -4.24. The first-order chi connectivity index (χ1) is 23.2. The molecule has 0 bridgehead atoms. The van der Waals surface area contributed by atoms with Crippen LogP contribution in [0, 0.1) is 13.8 Å². The standard InChI is InChI=1S/C39H45N3O5S/c1-29-19-22-34(23-20-29)48(45,46)42(35-25-30(2)21-24-37(35)47-3)28-38(43)41(27-32-15-9-5-10-16-32)36(26-31-13-7-4-8-14-31)39(44)40-33-17-11-6-12-18-33/h4-5,7-10,13-16,19-25,33,36H,6,11-12,17-18,26-28H2,1-3H3,(H,40,44)/t36-/m1/s1. The van der Waals surface area contributed by atoms with Gasteiger partial charge in [0.05, 0.1) is 17.7 Å². The van der Waals surface area contributed by atoms with Crippen LogP contribution in [0.1, 0.15) is 54.4 Å². The molecular formula is C39H45N3O5S. The molecule has 1 aliphatic rings. The Bertz CT molecular complexity index is 1770. The van der Waals surface area contributed by atoms with Crippen LogP contribution in [0.15, 0.2) is 108 Å². The van der Waals surface area contributed by atoms with Gasteiger partial charge in [0, 0.05) is 19.0 Å². The molecule has 5 rings (SSSR count). The number of aryl methyl sites for hydroxylation is 2. The lowest BCUT2D eigenvalue weighted by atomic mass is 9.94. The number of amides is 2. The number of methoxy groups -OCH3 is 1. The van der Waals surface area contributed by atoms with E-state index >= 15 is 0 Å². The van der Waals surface area contributed by atoms with E-state index in [1.807, 2.05) is 80.6 Å². The van der Waals surface area contributed by atoms with Crippen LogP contribution in [0.5, 0.6) is 5.75 Å². The lowest BCUT2D eigenvalue weighted by Gasteiger charge is -2.35. The largest absolute Gasteiger partial charge is 0.495 e. The second-order valence-electron chi connectivity index (χ2n) is 12.6. The molecule has 1 saturated carbocycles. The first kappa shape index (κ1) is 34.7. The monoisotopic (exact) mass is 667 g/mol. The Hall–Kier alpha value is -4.63. The molecule has 8 nitrogen and oxygen atoms in total. The zero-order valence-corrected chi connectivity index (χ0v) is 28.8. The number of hydrogen-bond acceptors (Lipinski definition) is 5. The third-order valence-electron chi connectivity index (χ3n) is 8.91. The number of hydrogen-bond donors (Lipinski definition) is 1. The van der Waals surface area contributed by atoms with Crippen molar-refractivity contribution in [3.8, 4) is 5.75 Å². The van der Waals surface area contributed by atoms with Gasteiger partial charge in [0.2, 0.25) is 11.8 Å². The second kappa shape index (κ2) is 16.0. The smallest absolute Gasteiger partial charge is 0.264 e. The van der Waals surface area contributed by atoms with E-state index in [-0.39, 0.29) is 35.5 Å². The molecule has 48 heavy (non-hydrogen) atoms. The molecule has 2 amide bonds. The van der Waals surface area contributed by atoms with Crippen molar-refractivity contribution in [2.45, 2.75) is 75.9 Å². The average Bonchev–Trinajstić information content (AvgIpc) is 3.10. The van der Waals surface area contributed by atoms with Crippen molar-refractivity contribution >= 4 is 27.5 Å². The number of anilines is 1. The Balaban J connectivity index is 1.59. The number of carbonyl (C=O) groups excluding carboxylic acids is 2. The van der Waals surface area contributed by atoms with E-state index in [9.17, 15) is 18.0 Å². The molecule has 1 aliphatic carbocycles. The highest BCUT2D eigenvalue weighted by molar-refractivity contribution is 7.92. The second-order valence-corrected chi connectivity index (χ2v) is 14.4. The minimum Gasteiger partial charge on any atom is -0.495 e. The van der Waals surface area contributed by atoms with Crippen LogP contribution < -0.4 is 14.4 Å². The third kappa shape index (κ3) is 8.63. The number of ether oxygens (including phenoxy) is 1. The Morgan fingerprint density at radius 2 is 1.42 bits per heavy atom. The molecule has 0 aromatic heterocycles.